The quantitative estimate of drug-likeness (QED) is 0.270. The Bertz CT molecular complexity index is 1410. The maximum atomic E-state index is 13.4. The van der Waals surface area contributed by atoms with Crippen molar-refractivity contribution in [3.05, 3.63) is 70.1 Å². The summed E-state index contributed by atoms with van der Waals surface area (Å²) in [5.41, 5.74) is 0.715. The van der Waals surface area contributed by atoms with Crippen molar-refractivity contribution in [2.75, 3.05) is 26.7 Å². The Labute approximate surface area is 229 Å². The first kappa shape index (κ1) is 28.7. The molecule has 1 aromatic heterocycles. The molecule has 1 unspecified atom stereocenters. The van der Waals surface area contributed by atoms with Crippen LogP contribution in [0.5, 0.6) is 5.75 Å². The van der Waals surface area contributed by atoms with E-state index in [4.69, 9.17) is 16.3 Å². The Kier molecular flexibility index (Phi) is 9.01. The zero-order valence-corrected chi connectivity index (χ0v) is 22.1. The Morgan fingerprint density at radius 3 is 2.54 bits per heavy atom. The van der Waals surface area contributed by atoms with Crippen LogP contribution < -0.4 is 4.74 Å². The Balaban J connectivity index is 1.43. The number of hydrogen-bond acceptors (Lipinski definition) is 5. The first-order valence-corrected chi connectivity index (χ1v) is 12.9. The number of benzene rings is 2. The number of aromatic nitrogens is 1. The fraction of sp³-hybridized carbons (Fsp3) is 0.379. The summed E-state index contributed by atoms with van der Waals surface area (Å²) < 4.78 is 45.3. The molecule has 1 aliphatic rings. The number of carboxylic acid groups (broad SMARTS) is 1. The molecular weight excluding hydrogens is 533 g/mol. The molecule has 0 radical (unpaired) electrons. The molecule has 206 valence electrons. The van der Waals surface area contributed by atoms with Gasteiger partial charge in [0.2, 0.25) is 0 Å². The van der Waals surface area contributed by atoms with Crippen LogP contribution in [0.25, 0.3) is 10.9 Å². The number of rotatable bonds is 8. The zero-order valence-electron chi connectivity index (χ0n) is 21.3. The average Bonchev–Trinajstić information content (AvgIpc) is 2.90. The van der Waals surface area contributed by atoms with Gasteiger partial charge in [0.05, 0.1) is 36.7 Å². The minimum Gasteiger partial charge on any atom is -0.497 e. The van der Waals surface area contributed by atoms with Crippen LogP contribution in [0.1, 0.15) is 49.3 Å². The molecule has 10 heteroatoms. The van der Waals surface area contributed by atoms with Crippen molar-refractivity contribution < 1.29 is 32.9 Å². The van der Waals surface area contributed by atoms with Crippen LogP contribution >= 0.6 is 11.6 Å². The van der Waals surface area contributed by atoms with E-state index in [0.29, 0.717) is 72.6 Å². The fourth-order valence-corrected chi connectivity index (χ4v) is 5.40. The number of nitrogens with zero attached hydrogens (tertiary/aromatic N) is 2. The summed E-state index contributed by atoms with van der Waals surface area (Å²) in [6, 6.07) is 7.02. The summed E-state index contributed by atoms with van der Waals surface area (Å²) in [6.07, 6.45) is 2.46. The van der Waals surface area contributed by atoms with Gasteiger partial charge in [0, 0.05) is 22.7 Å². The lowest BCUT2D eigenvalue weighted by Crippen LogP contribution is -2.41. The minimum absolute atomic E-state index is 0.0357. The number of halogens is 4. The van der Waals surface area contributed by atoms with Crippen LogP contribution in [-0.4, -0.2) is 52.8 Å². The molecule has 0 amide bonds. The van der Waals surface area contributed by atoms with E-state index in [2.05, 4.69) is 16.8 Å². The molecule has 2 aromatic carbocycles. The molecule has 2 N–H and O–H groups in total. The summed E-state index contributed by atoms with van der Waals surface area (Å²) in [5.74, 6) is 1.08. The van der Waals surface area contributed by atoms with Crippen molar-refractivity contribution in [2.24, 2.45) is 5.41 Å². The minimum atomic E-state index is -1.53. The summed E-state index contributed by atoms with van der Waals surface area (Å²) >= 11 is 6.43. The van der Waals surface area contributed by atoms with Crippen molar-refractivity contribution in [1.82, 2.24) is 9.88 Å². The molecule has 6 nitrogen and oxygen atoms in total. The number of aliphatic hydroxyl groups excluding tert-OH is 1. The van der Waals surface area contributed by atoms with Crippen LogP contribution in [0.15, 0.2) is 36.5 Å². The van der Waals surface area contributed by atoms with E-state index in [0.717, 1.165) is 12.1 Å². The summed E-state index contributed by atoms with van der Waals surface area (Å²) in [4.78, 5) is 18.1. The normalized spacial score (nSPS) is 15.9. The van der Waals surface area contributed by atoms with E-state index < -0.39 is 34.9 Å². The molecular formula is C29H28ClF3N2O4. The van der Waals surface area contributed by atoms with Gasteiger partial charge < -0.3 is 14.9 Å². The number of likely N-dealkylation sites (tertiary alicyclic amines) is 1. The summed E-state index contributed by atoms with van der Waals surface area (Å²) in [7, 11) is 1.55. The van der Waals surface area contributed by atoms with Gasteiger partial charge in [-0.25, -0.2) is 13.2 Å². The molecule has 4 rings (SSSR count). The predicted molar refractivity (Wildman–Crippen MR) is 141 cm³/mol. The highest BCUT2D eigenvalue weighted by atomic mass is 35.5. The van der Waals surface area contributed by atoms with Crippen molar-refractivity contribution >= 4 is 28.5 Å². The lowest BCUT2D eigenvalue weighted by molar-refractivity contribution is -0.141. The third-order valence-corrected chi connectivity index (χ3v) is 7.61. The number of piperidine rings is 1. The number of aliphatic hydroxyl groups is 1. The number of hydrogen-bond donors (Lipinski definition) is 2. The van der Waals surface area contributed by atoms with Crippen LogP contribution in [-0.2, 0) is 4.79 Å². The first-order valence-electron chi connectivity index (χ1n) is 12.5. The van der Waals surface area contributed by atoms with Crippen molar-refractivity contribution in [3.8, 4) is 17.6 Å². The van der Waals surface area contributed by atoms with E-state index >= 15 is 0 Å². The molecule has 0 saturated carbocycles. The Morgan fingerprint density at radius 1 is 1.21 bits per heavy atom. The van der Waals surface area contributed by atoms with Crippen molar-refractivity contribution in [3.63, 3.8) is 0 Å². The highest BCUT2D eigenvalue weighted by molar-refractivity contribution is 6.32. The van der Waals surface area contributed by atoms with Crippen molar-refractivity contribution in [1.29, 1.82) is 0 Å². The van der Waals surface area contributed by atoms with Crippen LogP contribution in [0.3, 0.4) is 0 Å². The van der Waals surface area contributed by atoms with Gasteiger partial charge >= 0.3 is 5.97 Å². The van der Waals surface area contributed by atoms with E-state index in [1.54, 1.807) is 25.3 Å². The van der Waals surface area contributed by atoms with E-state index in [1.165, 1.54) is 6.20 Å². The van der Waals surface area contributed by atoms with Gasteiger partial charge in [0.1, 0.15) is 5.75 Å². The maximum Gasteiger partial charge on any atom is 0.303 e. The van der Waals surface area contributed by atoms with Gasteiger partial charge in [-0.15, -0.1) is 0 Å². The number of carbonyl (C=O) groups is 1. The molecule has 0 bridgehead atoms. The predicted octanol–water partition coefficient (Wildman–Crippen LogP) is 5.74. The highest BCUT2D eigenvalue weighted by Gasteiger charge is 2.37. The standard InChI is InChI=1S/C29H28ClF3N2O4/c1-39-19-4-5-24-20(15-19)27(21(30)17-34-24)25(36)6-7-29(16-26(37)38)8-11-35(12-9-29)10-2-3-18-13-22(31)28(33)23(32)14-18/h4-5,13-15,17,25,36H,6-12,16H2,1H3,(H,37,38). The topological polar surface area (TPSA) is 82.9 Å². The van der Waals surface area contributed by atoms with Crippen molar-refractivity contribution in [2.45, 2.75) is 38.2 Å². The lowest BCUT2D eigenvalue weighted by Gasteiger charge is -2.41. The van der Waals surface area contributed by atoms with Crippen LogP contribution in [0.2, 0.25) is 5.02 Å². The number of carboxylic acids is 1. The number of methoxy groups -OCH3 is 1. The largest absolute Gasteiger partial charge is 0.497 e. The molecule has 2 heterocycles. The Morgan fingerprint density at radius 2 is 1.90 bits per heavy atom. The third-order valence-electron chi connectivity index (χ3n) is 7.31. The Hall–Kier alpha value is -3.32. The van der Waals surface area contributed by atoms with Gasteiger partial charge in [0.25, 0.3) is 0 Å². The van der Waals surface area contributed by atoms with E-state index in [9.17, 15) is 28.2 Å². The second kappa shape index (κ2) is 12.2. The van der Waals surface area contributed by atoms with Crippen LogP contribution in [0.4, 0.5) is 13.2 Å². The van der Waals surface area contributed by atoms with Gasteiger partial charge in [0.15, 0.2) is 17.5 Å². The fourth-order valence-electron chi connectivity index (χ4n) is 5.12. The highest BCUT2D eigenvalue weighted by Crippen LogP contribution is 2.43. The zero-order chi connectivity index (χ0) is 28.2. The van der Waals surface area contributed by atoms with E-state index in [1.807, 2.05) is 4.90 Å². The molecule has 1 fully saturated rings. The molecule has 0 aliphatic carbocycles. The molecule has 0 spiro atoms. The average molecular weight is 561 g/mol. The SMILES string of the molecule is COc1ccc2ncc(Cl)c(C(O)CCC3(CC(=O)O)CCN(CC#Cc4cc(F)c(F)c(F)c4)CC3)c2c1. The lowest BCUT2D eigenvalue weighted by atomic mass is 9.71. The molecule has 39 heavy (non-hydrogen) atoms. The van der Waals surface area contributed by atoms with Crippen LogP contribution in [0, 0.1) is 34.7 Å². The molecule has 1 atom stereocenters. The monoisotopic (exact) mass is 560 g/mol. The smallest absolute Gasteiger partial charge is 0.303 e. The second-order valence-electron chi connectivity index (χ2n) is 9.86. The number of pyridine rings is 1. The summed E-state index contributed by atoms with van der Waals surface area (Å²) in [6.45, 7) is 1.45. The number of ether oxygens (including phenoxy) is 1. The molecule has 1 aliphatic heterocycles. The van der Waals surface area contributed by atoms with Gasteiger partial charge in [-0.3, -0.25) is 14.7 Å². The summed E-state index contributed by atoms with van der Waals surface area (Å²) in [5, 5.41) is 21.8. The number of fused-ring (bicyclic) bond motifs is 1. The number of aliphatic carboxylic acids is 1. The van der Waals surface area contributed by atoms with Gasteiger partial charge in [-0.2, -0.15) is 0 Å². The second-order valence-corrected chi connectivity index (χ2v) is 10.3. The first-order chi connectivity index (χ1) is 18.6. The third kappa shape index (κ3) is 6.82. The molecule has 1 saturated heterocycles. The maximum absolute atomic E-state index is 13.4. The van der Waals surface area contributed by atoms with Gasteiger partial charge in [-0.1, -0.05) is 23.4 Å². The molecule has 3 aromatic rings. The van der Waals surface area contributed by atoms with E-state index in [-0.39, 0.29) is 12.0 Å². The van der Waals surface area contributed by atoms with Gasteiger partial charge in [-0.05, 0) is 74.5 Å².